The van der Waals surface area contributed by atoms with Gasteiger partial charge in [-0.1, -0.05) is 48.5 Å². The zero-order valence-electron chi connectivity index (χ0n) is 16.1. The van der Waals surface area contributed by atoms with E-state index in [9.17, 15) is 9.18 Å². The number of carbonyl (C=O) groups excluding carboxylic acids is 1. The Labute approximate surface area is 165 Å². The highest BCUT2D eigenvalue weighted by Gasteiger charge is 2.29. The molecule has 0 unspecified atom stereocenters. The number of hydrogen-bond acceptors (Lipinski definition) is 4. The van der Waals surface area contributed by atoms with Crippen LogP contribution in [0.25, 0.3) is 11.1 Å². The fourth-order valence-corrected chi connectivity index (χ4v) is 3.37. The summed E-state index contributed by atoms with van der Waals surface area (Å²) in [6, 6.07) is 16.5. The lowest BCUT2D eigenvalue weighted by atomic mass is 9.98. The highest BCUT2D eigenvalue weighted by Crippen LogP contribution is 2.44. The normalized spacial score (nSPS) is 12.5. The molecule has 6 heteroatoms. The second kappa shape index (κ2) is 10.2. The second-order valence-electron chi connectivity index (χ2n) is 6.64. The molecule has 5 nitrogen and oxygen atoms in total. The maximum atomic E-state index is 12.3. The van der Waals surface area contributed by atoms with E-state index < -0.39 is 6.67 Å². The van der Waals surface area contributed by atoms with Gasteiger partial charge in [0.05, 0.1) is 26.4 Å². The van der Waals surface area contributed by atoms with Crippen LogP contribution in [0.2, 0.25) is 0 Å². The molecule has 1 aliphatic carbocycles. The van der Waals surface area contributed by atoms with E-state index in [4.69, 9.17) is 14.2 Å². The summed E-state index contributed by atoms with van der Waals surface area (Å²) in [7, 11) is 1.68. The first-order valence-corrected chi connectivity index (χ1v) is 9.50. The zero-order valence-corrected chi connectivity index (χ0v) is 16.1. The molecule has 2 aromatic carbocycles. The first kappa shape index (κ1) is 20.3. The third-order valence-corrected chi connectivity index (χ3v) is 4.81. The van der Waals surface area contributed by atoms with Gasteiger partial charge in [-0.15, -0.1) is 0 Å². The van der Waals surface area contributed by atoms with Crippen molar-refractivity contribution in [2.24, 2.45) is 0 Å². The van der Waals surface area contributed by atoms with Crippen LogP contribution in [-0.4, -0.2) is 64.3 Å². The summed E-state index contributed by atoms with van der Waals surface area (Å²) >= 11 is 0. The van der Waals surface area contributed by atoms with Crippen molar-refractivity contribution < 1.29 is 23.4 Å². The number of nitrogens with zero attached hydrogens (tertiary/aromatic N) is 1. The van der Waals surface area contributed by atoms with E-state index >= 15 is 0 Å². The van der Waals surface area contributed by atoms with E-state index in [2.05, 4.69) is 24.3 Å². The minimum Gasteiger partial charge on any atom is -0.448 e. The molecule has 1 amide bonds. The SMILES string of the molecule is CN(CCOCCOCCF)C(=O)OCC1c2ccccc2-c2ccccc21. The van der Waals surface area contributed by atoms with Gasteiger partial charge in [0.2, 0.25) is 0 Å². The second-order valence-corrected chi connectivity index (χ2v) is 6.64. The first-order chi connectivity index (χ1) is 13.7. The van der Waals surface area contributed by atoms with Gasteiger partial charge in [-0.3, -0.25) is 0 Å². The fraction of sp³-hybridized carbons (Fsp3) is 0.409. The van der Waals surface area contributed by atoms with Crippen LogP contribution in [0.5, 0.6) is 0 Å². The molecular weight excluding hydrogens is 361 g/mol. The highest BCUT2D eigenvalue weighted by atomic mass is 19.1. The van der Waals surface area contributed by atoms with Gasteiger partial charge in [-0.05, 0) is 22.3 Å². The third kappa shape index (κ3) is 4.88. The summed E-state index contributed by atoms with van der Waals surface area (Å²) in [5.41, 5.74) is 4.79. The zero-order chi connectivity index (χ0) is 19.8. The summed E-state index contributed by atoms with van der Waals surface area (Å²) < 4.78 is 27.8. The topological polar surface area (TPSA) is 48.0 Å². The van der Waals surface area contributed by atoms with Gasteiger partial charge < -0.3 is 19.1 Å². The maximum absolute atomic E-state index is 12.3. The van der Waals surface area contributed by atoms with Gasteiger partial charge >= 0.3 is 6.09 Å². The van der Waals surface area contributed by atoms with Crippen LogP contribution >= 0.6 is 0 Å². The van der Waals surface area contributed by atoms with Gasteiger partial charge in [0, 0.05) is 19.5 Å². The Hall–Kier alpha value is -2.44. The standard InChI is InChI=1S/C22H26FNO4/c1-24(11-13-27-15-14-26-12-10-23)22(25)28-16-21-19-8-4-2-6-17(19)18-7-3-5-9-20(18)21/h2-9,21H,10-16H2,1H3. The van der Waals surface area contributed by atoms with Gasteiger partial charge in [-0.25, -0.2) is 9.18 Å². The lowest BCUT2D eigenvalue weighted by Gasteiger charge is -2.19. The number of carbonyl (C=O) groups is 1. The van der Waals surface area contributed by atoms with Gasteiger partial charge in [0.25, 0.3) is 0 Å². The Kier molecular flexibility index (Phi) is 7.39. The lowest BCUT2D eigenvalue weighted by molar-refractivity contribution is 0.0345. The van der Waals surface area contributed by atoms with Crippen molar-refractivity contribution in [3.63, 3.8) is 0 Å². The molecule has 0 radical (unpaired) electrons. The van der Waals surface area contributed by atoms with Gasteiger partial charge in [0.1, 0.15) is 13.3 Å². The van der Waals surface area contributed by atoms with Crippen LogP contribution in [-0.2, 0) is 14.2 Å². The largest absolute Gasteiger partial charge is 0.448 e. The molecule has 0 saturated carbocycles. The molecule has 0 atom stereocenters. The Morgan fingerprint density at radius 3 is 2.11 bits per heavy atom. The Bertz CT molecular complexity index is 737. The molecular formula is C22H26FNO4. The fourth-order valence-electron chi connectivity index (χ4n) is 3.37. The Morgan fingerprint density at radius 1 is 0.929 bits per heavy atom. The van der Waals surface area contributed by atoms with Crippen molar-refractivity contribution in [1.82, 2.24) is 4.90 Å². The first-order valence-electron chi connectivity index (χ1n) is 9.50. The van der Waals surface area contributed by atoms with Gasteiger partial charge in [-0.2, -0.15) is 0 Å². The molecule has 0 bridgehead atoms. The predicted octanol–water partition coefficient (Wildman–Crippen LogP) is 3.87. The van der Waals surface area contributed by atoms with Gasteiger partial charge in [0.15, 0.2) is 0 Å². The highest BCUT2D eigenvalue weighted by molar-refractivity contribution is 5.79. The van der Waals surface area contributed by atoms with Crippen molar-refractivity contribution in [3.05, 3.63) is 59.7 Å². The third-order valence-electron chi connectivity index (χ3n) is 4.81. The predicted molar refractivity (Wildman–Crippen MR) is 105 cm³/mol. The number of ether oxygens (including phenoxy) is 3. The molecule has 2 aromatic rings. The number of halogens is 1. The van der Waals surface area contributed by atoms with Crippen LogP contribution in [0.4, 0.5) is 9.18 Å². The number of fused-ring (bicyclic) bond motifs is 3. The minimum absolute atomic E-state index is 0.0497. The number of likely N-dealkylation sites (N-methyl/N-ethyl adjacent to an activating group) is 1. The van der Waals surface area contributed by atoms with Crippen LogP contribution in [0, 0.1) is 0 Å². The molecule has 3 rings (SSSR count). The van der Waals surface area contributed by atoms with E-state index in [1.165, 1.54) is 27.2 Å². The number of alkyl halides is 1. The smallest absolute Gasteiger partial charge is 0.409 e. The summed E-state index contributed by atoms with van der Waals surface area (Å²) in [4.78, 5) is 13.8. The van der Waals surface area contributed by atoms with Crippen molar-refractivity contribution in [2.45, 2.75) is 5.92 Å². The van der Waals surface area contributed by atoms with Crippen LogP contribution in [0.3, 0.4) is 0 Å². The van der Waals surface area contributed by atoms with E-state index in [-0.39, 0.29) is 18.6 Å². The average molecular weight is 387 g/mol. The summed E-state index contributed by atoms with van der Waals surface area (Å²) in [6.45, 7) is 1.40. The molecule has 1 aliphatic rings. The summed E-state index contributed by atoms with van der Waals surface area (Å²) in [6.07, 6.45) is -0.376. The van der Waals surface area contributed by atoms with Crippen LogP contribution in [0.15, 0.2) is 48.5 Å². The maximum Gasteiger partial charge on any atom is 0.409 e. The molecule has 0 aliphatic heterocycles. The monoisotopic (exact) mass is 387 g/mol. The number of rotatable bonds is 10. The quantitative estimate of drug-likeness (QED) is 0.581. The minimum atomic E-state index is -0.496. The number of hydrogen-bond donors (Lipinski definition) is 0. The summed E-state index contributed by atoms with van der Waals surface area (Å²) in [5, 5.41) is 0. The Balaban J connectivity index is 1.47. The van der Waals surface area contributed by atoms with Crippen molar-refractivity contribution in [3.8, 4) is 11.1 Å². The van der Waals surface area contributed by atoms with E-state index in [1.807, 2.05) is 24.3 Å². The van der Waals surface area contributed by atoms with E-state index in [1.54, 1.807) is 7.05 Å². The number of amides is 1. The molecule has 0 N–H and O–H groups in total. The molecule has 150 valence electrons. The molecule has 0 heterocycles. The molecule has 0 aromatic heterocycles. The molecule has 0 saturated heterocycles. The Morgan fingerprint density at radius 2 is 1.50 bits per heavy atom. The van der Waals surface area contributed by atoms with Crippen molar-refractivity contribution >= 4 is 6.09 Å². The summed E-state index contributed by atoms with van der Waals surface area (Å²) in [5.74, 6) is 0.0497. The average Bonchev–Trinajstić information content (AvgIpc) is 3.05. The van der Waals surface area contributed by atoms with Crippen LogP contribution < -0.4 is 0 Å². The molecule has 0 spiro atoms. The van der Waals surface area contributed by atoms with Crippen LogP contribution in [0.1, 0.15) is 17.0 Å². The molecule has 28 heavy (non-hydrogen) atoms. The van der Waals surface area contributed by atoms with Crippen molar-refractivity contribution in [2.75, 3.05) is 53.3 Å². The molecule has 0 fully saturated rings. The van der Waals surface area contributed by atoms with E-state index in [0.29, 0.717) is 33.0 Å². The number of benzene rings is 2. The van der Waals surface area contributed by atoms with Crippen molar-refractivity contribution in [1.29, 1.82) is 0 Å². The van der Waals surface area contributed by atoms with E-state index in [0.717, 1.165) is 0 Å². The lowest BCUT2D eigenvalue weighted by Crippen LogP contribution is -2.32.